The van der Waals surface area contributed by atoms with Crippen molar-refractivity contribution in [2.45, 2.75) is 45.3 Å². The molecule has 0 spiro atoms. The molecule has 0 aliphatic rings. The molecule has 2 aromatic carbocycles. The summed E-state index contributed by atoms with van der Waals surface area (Å²) in [5.41, 5.74) is -0.0381. The zero-order chi connectivity index (χ0) is 17.8. The summed E-state index contributed by atoms with van der Waals surface area (Å²) in [6, 6.07) is 12.3. The van der Waals surface area contributed by atoms with Gasteiger partial charge in [0.15, 0.2) is 0 Å². The Morgan fingerprint density at radius 3 is 1.87 bits per heavy atom. The van der Waals surface area contributed by atoms with E-state index in [0.29, 0.717) is 6.42 Å². The van der Waals surface area contributed by atoms with Crippen LogP contribution < -0.4 is 0 Å². The van der Waals surface area contributed by atoms with Crippen molar-refractivity contribution in [1.29, 1.82) is 0 Å². The van der Waals surface area contributed by atoms with E-state index in [1.165, 1.54) is 16.3 Å². The van der Waals surface area contributed by atoms with E-state index in [9.17, 15) is 10.2 Å². The van der Waals surface area contributed by atoms with Crippen molar-refractivity contribution in [3.8, 4) is 0 Å². The first-order valence-corrected chi connectivity index (χ1v) is 7.42. The van der Waals surface area contributed by atoms with Crippen molar-refractivity contribution in [1.82, 2.24) is 0 Å². The standard InChI is InChI=1S/C17H22O2.BH3O3/c1-12-7-5-8-13-9-6-10-14(15(12)13)11-17(4,19)16(2,3)18;2-1(3)4/h5-10,18-19H,11H2,1-4H3;2-4H. The van der Waals surface area contributed by atoms with Gasteiger partial charge in [-0.1, -0.05) is 36.4 Å². The van der Waals surface area contributed by atoms with Crippen LogP contribution >= 0.6 is 0 Å². The highest BCUT2D eigenvalue weighted by Crippen LogP contribution is 2.30. The van der Waals surface area contributed by atoms with Crippen LogP contribution in [0.25, 0.3) is 10.8 Å². The van der Waals surface area contributed by atoms with Gasteiger partial charge >= 0.3 is 7.32 Å². The summed E-state index contributed by atoms with van der Waals surface area (Å²) in [5, 5.41) is 44.4. The maximum atomic E-state index is 10.5. The Kier molecular flexibility index (Phi) is 6.33. The molecule has 0 aliphatic carbocycles. The Balaban J connectivity index is 0.000000593. The zero-order valence-electron chi connectivity index (χ0n) is 14.0. The molecule has 0 radical (unpaired) electrons. The molecule has 0 bridgehead atoms. The summed E-state index contributed by atoms with van der Waals surface area (Å²) < 4.78 is 0. The van der Waals surface area contributed by atoms with Gasteiger partial charge in [0.2, 0.25) is 0 Å². The maximum Gasteiger partial charge on any atom is 0.631 e. The summed E-state index contributed by atoms with van der Waals surface area (Å²) in [6.07, 6.45) is 0.429. The van der Waals surface area contributed by atoms with Gasteiger partial charge in [0.25, 0.3) is 0 Å². The van der Waals surface area contributed by atoms with Crippen LogP contribution in [0.4, 0.5) is 0 Å². The number of hydrogen-bond acceptors (Lipinski definition) is 5. The molecule has 0 amide bonds. The van der Waals surface area contributed by atoms with Gasteiger partial charge in [-0.25, -0.2) is 0 Å². The van der Waals surface area contributed by atoms with Crippen LogP contribution in [-0.2, 0) is 6.42 Å². The van der Waals surface area contributed by atoms with Gasteiger partial charge in [-0.15, -0.1) is 0 Å². The topological polar surface area (TPSA) is 101 Å². The Hall–Kier alpha value is -1.44. The monoisotopic (exact) mass is 320 g/mol. The van der Waals surface area contributed by atoms with Gasteiger partial charge in [-0.2, -0.15) is 0 Å². The summed E-state index contributed by atoms with van der Waals surface area (Å²) in [6.45, 7) is 7.05. The van der Waals surface area contributed by atoms with Crippen LogP contribution in [0, 0.1) is 6.92 Å². The van der Waals surface area contributed by atoms with E-state index in [-0.39, 0.29) is 0 Å². The molecular weight excluding hydrogens is 295 g/mol. The largest absolute Gasteiger partial charge is 0.631 e. The number of aliphatic hydroxyl groups is 2. The highest BCUT2D eigenvalue weighted by Gasteiger charge is 2.37. The average molecular weight is 320 g/mol. The number of fused-ring (bicyclic) bond motifs is 1. The van der Waals surface area contributed by atoms with Gasteiger partial charge in [0.05, 0.1) is 11.2 Å². The molecule has 23 heavy (non-hydrogen) atoms. The molecular formula is C17H25BO5. The number of benzene rings is 2. The van der Waals surface area contributed by atoms with Crippen LogP contribution in [-0.4, -0.2) is 43.8 Å². The normalized spacial score (nSPS) is 14.0. The van der Waals surface area contributed by atoms with Gasteiger partial charge in [0, 0.05) is 6.42 Å². The van der Waals surface area contributed by atoms with Crippen molar-refractivity contribution >= 4 is 18.1 Å². The second-order valence-corrected chi connectivity index (χ2v) is 6.45. The molecule has 0 aromatic heterocycles. The fourth-order valence-electron chi connectivity index (χ4n) is 2.35. The summed E-state index contributed by atoms with van der Waals surface area (Å²) in [5.74, 6) is 0. The SMILES string of the molecule is Cc1cccc2cccc(CC(C)(O)C(C)(C)O)c12.OB(O)O. The third kappa shape index (κ3) is 5.30. The second-order valence-electron chi connectivity index (χ2n) is 6.45. The Morgan fingerprint density at radius 1 is 0.913 bits per heavy atom. The molecule has 5 N–H and O–H groups in total. The molecule has 1 atom stereocenters. The third-order valence-electron chi connectivity index (χ3n) is 4.05. The predicted octanol–water partition coefficient (Wildman–Crippen LogP) is 1.16. The minimum Gasteiger partial charge on any atom is -0.402 e. The van der Waals surface area contributed by atoms with Crippen LogP contribution in [0.2, 0.25) is 0 Å². The van der Waals surface area contributed by atoms with E-state index in [2.05, 4.69) is 25.1 Å². The first kappa shape index (κ1) is 19.6. The quantitative estimate of drug-likeness (QED) is 0.546. The Bertz CT molecular complexity index is 639. The summed E-state index contributed by atoms with van der Waals surface area (Å²) in [7, 11) is -2.17. The molecule has 0 aliphatic heterocycles. The molecule has 0 saturated heterocycles. The molecule has 126 valence electrons. The van der Waals surface area contributed by atoms with Gasteiger partial charge in [0.1, 0.15) is 0 Å². The van der Waals surface area contributed by atoms with Crippen LogP contribution in [0.1, 0.15) is 31.9 Å². The van der Waals surface area contributed by atoms with Crippen molar-refractivity contribution in [3.63, 3.8) is 0 Å². The molecule has 1 unspecified atom stereocenters. The van der Waals surface area contributed by atoms with Crippen molar-refractivity contribution in [2.75, 3.05) is 0 Å². The maximum absolute atomic E-state index is 10.5. The fraction of sp³-hybridized carbons (Fsp3) is 0.412. The fourth-order valence-corrected chi connectivity index (χ4v) is 2.35. The van der Waals surface area contributed by atoms with Crippen molar-refractivity contribution in [2.24, 2.45) is 0 Å². The zero-order valence-corrected chi connectivity index (χ0v) is 14.0. The molecule has 0 saturated carbocycles. The molecule has 2 rings (SSSR count). The van der Waals surface area contributed by atoms with Crippen molar-refractivity contribution < 1.29 is 25.3 Å². The highest BCUT2D eigenvalue weighted by atomic mass is 16.5. The lowest BCUT2D eigenvalue weighted by molar-refractivity contribution is -0.118. The van der Waals surface area contributed by atoms with Crippen LogP contribution in [0.15, 0.2) is 36.4 Å². The van der Waals surface area contributed by atoms with E-state index in [1.807, 2.05) is 18.2 Å². The lowest BCUT2D eigenvalue weighted by atomic mass is 9.81. The van der Waals surface area contributed by atoms with E-state index >= 15 is 0 Å². The summed E-state index contributed by atoms with van der Waals surface area (Å²) >= 11 is 0. The first-order chi connectivity index (χ1) is 10.5. The second kappa shape index (κ2) is 7.42. The van der Waals surface area contributed by atoms with Gasteiger partial charge in [-0.05, 0) is 49.6 Å². The van der Waals surface area contributed by atoms with E-state index in [1.54, 1.807) is 20.8 Å². The Morgan fingerprint density at radius 2 is 1.39 bits per heavy atom. The molecule has 5 nitrogen and oxygen atoms in total. The number of rotatable bonds is 3. The predicted molar refractivity (Wildman–Crippen MR) is 91.7 cm³/mol. The van der Waals surface area contributed by atoms with E-state index in [0.717, 1.165) is 5.56 Å². The molecule has 2 aromatic rings. The Labute approximate surface area is 137 Å². The minimum absolute atomic E-state index is 0.429. The lowest BCUT2D eigenvalue weighted by Crippen LogP contribution is -2.49. The van der Waals surface area contributed by atoms with E-state index < -0.39 is 18.5 Å². The smallest absolute Gasteiger partial charge is 0.402 e. The van der Waals surface area contributed by atoms with Gasteiger partial charge in [-0.3, -0.25) is 0 Å². The lowest BCUT2D eigenvalue weighted by Gasteiger charge is -2.36. The molecule has 0 fully saturated rings. The first-order valence-electron chi connectivity index (χ1n) is 7.42. The average Bonchev–Trinajstić information content (AvgIpc) is 2.36. The summed E-state index contributed by atoms with van der Waals surface area (Å²) in [4.78, 5) is 0. The molecule has 0 heterocycles. The third-order valence-corrected chi connectivity index (χ3v) is 4.05. The van der Waals surface area contributed by atoms with Crippen LogP contribution in [0.3, 0.4) is 0 Å². The van der Waals surface area contributed by atoms with Crippen LogP contribution in [0.5, 0.6) is 0 Å². The molecule has 6 heteroatoms. The highest BCUT2D eigenvalue weighted by molar-refractivity contribution is 6.30. The van der Waals surface area contributed by atoms with Gasteiger partial charge < -0.3 is 25.3 Å². The number of aryl methyl sites for hydroxylation is 1. The van der Waals surface area contributed by atoms with Crippen molar-refractivity contribution in [3.05, 3.63) is 47.5 Å². The minimum atomic E-state index is -2.17. The van der Waals surface area contributed by atoms with E-state index in [4.69, 9.17) is 15.1 Å². The number of hydrogen-bond donors (Lipinski definition) is 5.